The minimum absolute atomic E-state index is 0.151. The normalized spacial score (nSPS) is 10.7. The van der Waals surface area contributed by atoms with Gasteiger partial charge in [-0.3, -0.25) is 4.79 Å². The number of nitrogens with one attached hydrogen (secondary N) is 1. The van der Waals surface area contributed by atoms with Crippen LogP contribution in [-0.2, 0) is 11.4 Å². The number of benzene rings is 2. The Morgan fingerprint density at radius 3 is 2.68 bits per heavy atom. The number of hydrogen-bond donors (Lipinski definition) is 1. The van der Waals surface area contributed by atoms with Crippen molar-refractivity contribution in [2.75, 3.05) is 12.9 Å². The average Bonchev–Trinajstić information content (AvgIpc) is 2.81. The molecule has 3 aromatic rings. The Bertz CT molecular complexity index is 1240. The van der Waals surface area contributed by atoms with Crippen LogP contribution in [0.5, 0.6) is 11.5 Å². The second-order valence-electron chi connectivity index (χ2n) is 7.11. The molecule has 0 bridgehead atoms. The summed E-state index contributed by atoms with van der Waals surface area (Å²) in [7, 11) is 1.55. The van der Waals surface area contributed by atoms with E-state index in [1.165, 1.54) is 18.0 Å². The third-order valence-corrected chi connectivity index (χ3v) is 6.11. The predicted molar refractivity (Wildman–Crippen MR) is 139 cm³/mol. The van der Waals surface area contributed by atoms with Crippen molar-refractivity contribution in [2.24, 2.45) is 5.10 Å². The molecular weight excluding hydrogens is 565 g/mol. The minimum Gasteiger partial charge on any atom is -0.493 e. The average molecular weight is 587 g/mol. The van der Waals surface area contributed by atoms with Crippen molar-refractivity contribution in [3.05, 3.63) is 74.1 Å². The van der Waals surface area contributed by atoms with Crippen molar-refractivity contribution >= 4 is 46.5 Å². The lowest BCUT2D eigenvalue weighted by Crippen LogP contribution is -2.19. The highest BCUT2D eigenvalue weighted by molar-refractivity contribution is 14.1. The molecule has 174 valence electrons. The van der Waals surface area contributed by atoms with Crippen molar-refractivity contribution in [2.45, 2.75) is 25.6 Å². The number of hydrazone groups is 1. The molecule has 1 N–H and O–H groups in total. The monoisotopic (exact) mass is 587 g/mol. The van der Waals surface area contributed by atoms with E-state index in [1.807, 2.05) is 44.2 Å². The molecule has 0 aliphatic carbocycles. The van der Waals surface area contributed by atoms with E-state index >= 15 is 0 Å². The first-order valence-corrected chi connectivity index (χ1v) is 12.2. The Labute approximate surface area is 215 Å². The maximum Gasteiger partial charge on any atom is 0.250 e. The third-order valence-electron chi connectivity index (χ3n) is 4.46. The van der Waals surface area contributed by atoms with Crippen LogP contribution in [0.1, 0.15) is 28.1 Å². The molecule has 34 heavy (non-hydrogen) atoms. The molecule has 0 saturated carbocycles. The SMILES string of the molecule is COc1cc(/C=N\NC(=O)CSc2nc(C)cc(C)n2)cc(I)c1OCc1ccccc1C#N. The first-order valence-electron chi connectivity index (χ1n) is 10.1. The first-order chi connectivity index (χ1) is 16.4. The number of hydrogen-bond acceptors (Lipinski definition) is 8. The summed E-state index contributed by atoms with van der Waals surface area (Å²) in [5.41, 5.74) is 6.32. The van der Waals surface area contributed by atoms with Crippen LogP contribution in [0.2, 0.25) is 0 Å². The van der Waals surface area contributed by atoms with Crippen molar-refractivity contribution in [3.63, 3.8) is 0 Å². The molecule has 0 spiro atoms. The van der Waals surface area contributed by atoms with Crippen molar-refractivity contribution in [3.8, 4) is 17.6 Å². The van der Waals surface area contributed by atoms with E-state index < -0.39 is 0 Å². The van der Waals surface area contributed by atoms with Crippen molar-refractivity contribution in [1.29, 1.82) is 5.26 Å². The summed E-state index contributed by atoms with van der Waals surface area (Å²) in [5, 5.41) is 13.9. The molecule has 1 heterocycles. The van der Waals surface area contributed by atoms with Crippen molar-refractivity contribution in [1.82, 2.24) is 15.4 Å². The van der Waals surface area contributed by atoms with Gasteiger partial charge in [0.25, 0.3) is 5.91 Å². The molecule has 0 atom stereocenters. The smallest absolute Gasteiger partial charge is 0.250 e. The Morgan fingerprint density at radius 2 is 1.97 bits per heavy atom. The summed E-state index contributed by atoms with van der Waals surface area (Å²) >= 11 is 3.40. The molecule has 2 aromatic carbocycles. The van der Waals surface area contributed by atoms with Gasteiger partial charge in [-0.2, -0.15) is 10.4 Å². The van der Waals surface area contributed by atoms with E-state index in [-0.39, 0.29) is 18.3 Å². The fraction of sp³-hybridized carbons (Fsp3) is 0.208. The van der Waals surface area contributed by atoms with Crippen molar-refractivity contribution < 1.29 is 14.3 Å². The quantitative estimate of drug-likeness (QED) is 0.130. The van der Waals surface area contributed by atoms with Crippen LogP contribution in [0.25, 0.3) is 0 Å². The lowest BCUT2D eigenvalue weighted by atomic mass is 10.1. The molecule has 1 amide bonds. The van der Waals surface area contributed by atoms with Crippen LogP contribution in [0.15, 0.2) is 52.7 Å². The number of ether oxygens (including phenoxy) is 2. The number of carbonyl (C=O) groups is 1. The summed E-state index contributed by atoms with van der Waals surface area (Å²) in [6, 6.07) is 15.0. The fourth-order valence-electron chi connectivity index (χ4n) is 2.96. The number of aromatic nitrogens is 2. The maximum absolute atomic E-state index is 12.1. The largest absolute Gasteiger partial charge is 0.493 e. The molecule has 0 fully saturated rings. The topological polar surface area (TPSA) is 109 Å². The van der Waals surface area contributed by atoms with E-state index in [4.69, 9.17) is 9.47 Å². The standard InChI is InChI=1S/C24H22IN5O3S/c1-15-8-16(2)29-24(28-15)34-14-22(31)30-27-12-17-9-20(25)23(21(10-17)32-3)33-13-19-7-5-4-6-18(19)11-26/h4-10,12H,13-14H2,1-3H3,(H,30,31)/b27-12-. The Kier molecular flexibility index (Phi) is 9.24. The summed E-state index contributed by atoms with van der Waals surface area (Å²) in [6.45, 7) is 4.02. The number of thioether (sulfide) groups is 1. The van der Waals surface area contributed by atoms with Crippen LogP contribution in [0.3, 0.4) is 0 Å². The van der Waals surface area contributed by atoms with Crippen LogP contribution in [0, 0.1) is 28.7 Å². The third kappa shape index (κ3) is 7.16. The van der Waals surface area contributed by atoms with Gasteiger partial charge in [0.2, 0.25) is 0 Å². The Morgan fingerprint density at radius 1 is 1.24 bits per heavy atom. The Hall–Kier alpha value is -3.17. The first kappa shape index (κ1) is 25.5. The molecule has 0 radical (unpaired) electrons. The number of amides is 1. The van der Waals surface area contributed by atoms with Gasteiger partial charge in [0.15, 0.2) is 16.7 Å². The number of halogens is 1. The lowest BCUT2D eigenvalue weighted by Gasteiger charge is -2.14. The zero-order valence-electron chi connectivity index (χ0n) is 18.8. The zero-order valence-corrected chi connectivity index (χ0v) is 21.8. The van der Waals surface area contributed by atoms with Gasteiger partial charge >= 0.3 is 0 Å². The minimum atomic E-state index is -0.262. The van der Waals surface area contributed by atoms with Gasteiger partial charge in [0, 0.05) is 17.0 Å². The molecule has 10 heteroatoms. The van der Waals surface area contributed by atoms with Gasteiger partial charge in [-0.25, -0.2) is 15.4 Å². The fourth-order valence-corrected chi connectivity index (χ4v) is 4.48. The predicted octanol–water partition coefficient (Wildman–Crippen LogP) is 4.40. The van der Waals surface area contributed by atoms with E-state index in [0.717, 1.165) is 26.1 Å². The van der Waals surface area contributed by atoms with E-state index in [1.54, 1.807) is 19.2 Å². The molecule has 0 aliphatic rings. The number of methoxy groups -OCH3 is 1. The summed E-state index contributed by atoms with van der Waals surface area (Å²) in [4.78, 5) is 20.7. The van der Waals surface area contributed by atoms with Gasteiger partial charge < -0.3 is 9.47 Å². The van der Waals surface area contributed by atoms with Crippen LogP contribution in [-0.4, -0.2) is 35.0 Å². The van der Waals surface area contributed by atoms with Gasteiger partial charge in [-0.05, 0) is 66.3 Å². The maximum atomic E-state index is 12.1. The van der Waals surface area contributed by atoms with Crippen LogP contribution in [0.4, 0.5) is 0 Å². The summed E-state index contributed by atoms with van der Waals surface area (Å²) < 4.78 is 12.3. The number of aryl methyl sites for hydroxylation is 2. The zero-order chi connectivity index (χ0) is 24.5. The molecule has 8 nitrogen and oxygen atoms in total. The number of rotatable bonds is 9. The van der Waals surface area contributed by atoms with Gasteiger partial charge in [-0.1, -0.05) is 30.0 Å². The van der Waals surface area contributed by atoms with E-state index in [9.17, 15) is 10.1 Å². The van der Waals surface area contributed by atoms with E-state index in [0.29, 0.717) is 22.2 Å². The molecule has 0 unspecified atom stereocenters. The van der Waals surface area contributed by atoms with Gasteiger partial charge in [0.05, 0.1) is 34.3 Å². The van der Waals surface area contributed by atoms with Crippen LogP contribution < -0.4 is 14.9 Å². The van der Waals surface area contributed by atoms with Crippen LogP contribution >= 0.6 is 34.4 Å². The summed E-state index contributed by atoms with van der Waals surface area (Å²) in [6.07, 6.45) is 1.54. The molecule has 1 aromatic heterocycles. The number of nitrogens with zero attached hydrogens (tertiary/aromatic N) is 4. The molecule has 0 saturated heterocycles. The Balaban J connectivity index is 1.61. The van der Waals surface area contributed by atoms with Gasteiger partial charge in [-0.15, -0.1) is 0 Å². The molecular formula is C24H22IN5O3S. The van der Waals surface area contributed by atoms with E-state index in [2.05, 4.69) is 49.2 Å². The number of nitriles is 1. The molecule has 0 aliphatic heterocycles. The molecule has 3 rings (SSSR count). The van der Waals surface area contributed by atoms with Gasteiger partial charge in [0.1, 0.15) is 6.61 Å². The lowest BCUT2D eigenvalue weighted by molar-refractivity contribution is -0.118. The highest BCUT2D eigenvalue weighted by Crippen LogP contribution is 2.34. The number of carbonyl (C=O) groups excluding carboxylic acids is 1. The highest BCUT2D eigenvalue weighted by atomic mass is 127. The second-order valence-corrected chi connectivity index (χ2v) is 9.21. The summed E-state index contributed by atoms with van der Waals surface area (Å²) in [5.74, 6) is 0.984. The second kappa shape index (κ2) is 12.3. The highest BCUT2D eigenvalue weighted by Gasteiger charge is 2.13.